The summed E-state index contributed by atoms with van der Waals surface area (Å²) in [4.78, 5) is 9.29. The lowest BCUT2D eigenvalue weighted by atomic mass is 10.0. The Morgan fingerprint density at radius 3 is 1.91 bits per heavy atom. The maximum Gasteiger partial charge on any atom is 0.133 e. The number of nitrogens with zero attached hydrogens (tertiary/aromatic N) is 2. The molecule has 164 valence electrons. The minimum absolute atomic E-state index is 0.0466. The first-order valence-corrected chi connectivity index (χ1v) is 9.67. The molecule has 0 aliphatic heterocycles. The van der Waals surface area contributed by atoms with Crippen molar-refractivity contribution >= 4 is 22.3 Å². The molecule has 0 aliphatic rings. The molecule has 10 heteroatoms. The largest absolute Gasteiger partial charge is 0.508 e. The second-order valence-electron chi connectivity index (χ2n) is 7.24. The van der Waals surface area contributed by atoms with Crippen LogP contribution in [0.1, 0.15) is 22.6 Å². The number of rotatable bonds is 6. The molecule has 0 aliphatic carbocycles. The van der Waals surface area contributed by atoms with Crippen molar-refractivity contribution in [1.29, 1.82) is 0 Å². The summed E-state index contributed by atoms with van der Waals surface area (Å²) in [6, 6.07) is 12.1. The minimum Gasteiger partial charge on any atom is -0.508 e. The molecule has 3 aromatic carbocycles. The van der Waals surface area contributed by atoms with Crippen molar-refractivity contribution in [2.24, 2.45) is 11.7 Å². The van der Waals surface area contributed by atoms with E-state index < -0.39 is 0 Å². The van der Waals surface area contributed by atoms with E-state index in [1.54, 1.807) is 24.3 Å². The molecular formula is C22H22N6O4. The number of fused-ring (bicyclic) bond motifs is 1. The van der Waals surface area contributed by atoms with Gasteiger partial charge in [-0.3, -0.25) is 11.7 Å². The zero-order valence-corrected chi connectivity index (χ0v) is 16.9. The van der Waals surface area contributed by atoms with Crippen molar-refractivity contribution in [2.45, 2.75) is 12.8 Å². The highest BCUT2D eigenvalue weighted by Gasteiger charge is 2.17. The first kappa shape index (κ1) is 21.0. The third-order valence-corrected chi connectivity index (χ3v) is 5.13. The van der Waals surface area contributed by atoms with Gasteiger partial charge in [0, 0.05) is 41.5 Å². The maximum absolute atomic E-state index is 10.3. The molecule has 32 heavy (non-hydrogen) atoms. The highest BCUT2D eigenvalue weighted by Crippen LogP contribution is 2.35. The Kier molecular flexibility index (Phi) is 5.54. The highest BCUT2D eigenvalue weighted by molar-refractivity contribution is 5.99. The van der Waals surface area contributed by atoms with Crippen molar-refractivity contribution in [3.8, 4) is 23.0 Å². The Bertz CT molecular complexity index is 1310. The van der Waals surface area contributed by atoms with Crippen LogP contribution >= 0.6 is 0 Å². The molecule has 0 spiro atoms. The van der Waals surface area contributed by atoms with Crippen LogP contribution in [0.2, 0.25) is 0 Å². The number of benzene rings is 3. The lowest BCUT2D eigenvalue weighted by molar-refractivity contribution is 0.446. The molecule has 4 aromatic rings. The van der Waals surface area contributed by atoms with E-state index in [4.69, 9.17) is 11.7 Å². The third kappa shape index (κ3) is 4.00. The molecule has 0 atom stereocenters. The number of nitrogens with one attached hydrogen (secondary N) is 2. The quantitative estimate of drug-likeness (QED) is 0.165. The zero-order chi connectivity index (χ0) is 22.8. The van der Waals surface area contributed by atoms with Crippen LogP contribution in [0.5, 0.6) is 23.0 Å². The molecule has 0 saturated carbocycles. The fourth-order valence-corrected chi connectivity index (χ4v) is 3.58. The van der Waals surface area contributed by atoms with Gasteiger partial charge in [-0.2, -0.15) is 0 Å². The Morgan fingerprint density at radius 2 is 1.34 bits per heavy atom. The number of anilines is 2. The summed E-state index contributed by atoms with van der Waals surface area (Å²) < 4.78 is 0. The number of phenolic OH excluding ortho intramolecular Hbond substituents is 4. The topological polar surface area (TPSA) is 183 Å². The standard InChI is InChI=1S/C22H22N6O4/c23-27-16-6-5-15-21(22(16)28-24)17(7-11-1-3-13(29)9-18(11)31)26-20(25-15)8-12-2-4-14(30)10-19(12)32/h1-6,9-10,27-32H,7-8,23-24H2. The maximum atomic E-state index is 10.3. The Morgan fingerprint density at radius 1 is 0.719 bits per heavy atom. The van der Waals surface area contributed by atoms with Crippen LogP contribution in [0.25, 0.3) is 10.9 Å². The molecule has 10 nitrogen and oxygen atoms in total. The van der Waals surface area contributed by atoms with Gasteiger partial charge in [0.2, 0.25) is 0 Å². The molecule has 1 heterocycles. The van der Waals surface area contributed by atoms with Crippen LogP contribution in [-0.4, -0.2) is 30.4 Å². The zero-order valence-electron chi connectivity index (χ0n) is 16.9. The van der Waals surface area contributed by atoms with Gasteiger partial charge in [0.1, 0.15) is 28.8 Å². The van der Waals surface area contributed by atoms with Gasteiger partial charge in [0.05, 0.1) is 22.6 Å². The van der Waals surface area contributed by atoms with E-state index in [0.717, 1.165) is 0 Å². The Labute approximate surface area is 182 Å². The number of hydrogen-bond donors (Lipinski definition) is 8. The molecule has 1 aromatic heterocycles. The van der Waals surface area contributed by atoms with E-state index in [9.17, 15) is 20.4 Å². The number of phenols is 4. The fraction of sp³-hybridized carbons (Fsp3) is 0.0909. The molecule has 0 saturated heterocycles. The second-order valence-corrected chi connectivity index (χ2v) is 7.24. The molecular weight excluding hydrogens is 412 g/mol. The average molecular weight is 434 g/mol. The SMILES string of the molecule is NNc1ccc2nc(Cc3ccc(O)cc3O)nc(Cc3ccc(O)cc3O)c2c1NN. The molecule has 0 bridgehead atoms. The van der Waals surface area contributed by atoms with Gasteiger partial charge in [-0.25, -0.2) is 9.97 Å². The van der Waals surface area contributed by atoms with Gasteiger partial charge < -0.3 is 31.3 Å². The van der Waals surface area contributed by atoms with E-state index in [1.165, 1.54) is 24.3 Å². The van der Waals surface area contributed by atoms with Crippen molar-refractivity contribution in [2.75, 3.05) is 10.9 Å². The van der Waals surface area contributed by atoms with E-state index >= 15 is 0 Å². The monoisotopic (exact) mass is 434 g/mol. The van der Waals surface area contributed by atoms with Gasteiger partial charge in [0.15, 0.2) is 0 Å². The number of hydrogen-bond acceptors (Lipinski definition) is 10. The molecule has 0 unspecified atom stereocenters. The number of hydrazine groups is 2. The predicted molar refractivity (Wildman–Crippen MR) is 120 cm³/mol. The Balaban J connectivity index is 1.88. The summed E-state index contributed by atoms with van der Waals surface area (Å²) in [5.41, 5.74) is 8.43. The lowest BCUT2D eigenvalue weighted by Gasteiger charge is -2.16. The second kappa shape index (κ2) is 8.46. The summed E-state index contributed by atoms with van der Waals surface area (Å²) in [7, 11) is 0. The van der Waals surface area contributed by atoms with Crippen molar-refractivity contribution in [1.82, 2.24) is 9.97 Å². The molecule has 4 rings (SSSR count). The van der Waals surface area contributed by atoms with E-state index in [0.29, 0.717) is 44.9 Å². The molecule has 10 N–H and O–H groups in total. The third-order valence-electron chi connectivity index (χ3n) is 5.13. The number of aromatic nitrogens is 2. The molecule has 0 amide bonds. The van der Waals surface area contributed by atoms with Crippen molar-refractivity contribution in [3.05, 3.63) is 71.2 Å². The fourth-order valence-electron chi connectivity index (χ4n) is 3.58. The van der Waals surface area contributed by atoms with Gasteiger partial charge in [0.25, 0.3) is 0 Å². The molecule has 0 fully saturated rings. The predicted octanol–water partition coefficient (Wildman–Crippen LogP) is 2.21. The van der Waals surface area contributed by atoms with Gasteiger partial charge in [-0.15, -0.1) is 0 Å². The van der Waals surface area contributed by atoms with Crippen LogP contribution in [0.15, 0.2) is 48.5 Å². The number of nitrogen functional groups attached to an aromatic ring is 2. The van der Waals surface area contributed by atoms with Crippen LogP contribution in [-0.2, 0) is 12.8 Å². The minimum atomic E-state index is -0.0788. The van der Waals surface area contributed by atoms with Gasteiger partial charge in [-0.1, -0.05) is 12.1 Å². The first-order chi connectivity index (χ1) is 15.4. The first-order valence-electron chi connectivity index (χ1n) is 9.67. The number of aromatic hydroxyl groups is 4. The lowest BCUT2D eigenvalue weighted by Crippen LogP contribution is -2.15. The normalized spacial score (nSPS) is 10.9. The summed E-state index contributed by atoms with van der Waals surface area (Å²) >= 11 is 0. The summed E-state index contributed by atoms with van der Waals surface area (Å²) in [6.45, 7) is 0. The van der Waals surface area contributed by atoms with Crippen LogP contribution in [0, 0.1) is 0 Å². The summed E-state index contributed by atoms with van der Waals surface area (Å²) in [5.74, 6) is 11.5. The highest BCUT2D eigenvalue weighted by atomic mass is 16.3. The van der Waals surface area contributed by atoms with Gasteiger partial charge in [-0.05, 0) is 24.3 Å². The average Bonchev–Trinajstić information content (AvgIpc) is 2.76. The van der Waals surface area contributed by atoms with Crippen molar-refractivity contribution < 1.29 is 20.4 Å². The van der Waals surface area contributed by atoms with Crippen molar-refractivity contribution in [3.63, 3.8) is 0 Å². The molecule has 0 radical (unpaired) electrons. The Hall–Kier alpha value is -4.28. The summed E-state index contributed by atoms with van der Waals surface area (Å²) in [5, 5.41) is 40.2. The summed E-state index contributed by atoms with van der Waals surface area (Å²) in [6.07, 6.45) is 0.418. The van der Waals surface area contributed by atoms with Crippen LogP contribution in [0.3, 0.4) is 0 Å². The van der Waals surface area contributed by atoms with Crippen LogP contribution in [0.4, 0.5) is 11.4 Å². The van der Waals surface area contributed by atoms with Gasteiger partial charge >= 0.3 is 0 Å². The van der Waals surface area contributed by atoms with E-state index in [2.05, 4.69) is 20.8 Å². The van der Waals surface area contributed by atoms with Crippen LogP contribution < -0.4 is 22.5 Å². The van der Waals surface area contributed by atoms with E-state index in [-0.39, 0.29) is 35.8 Å². The van der Waals surface area contributed by atoms with E-state index in [1.807, 2.05) is 0 Å². The number of nitrogens with two attached hydrogens (primary N) is 2. The smallest absolute Gasteiger partial charge is 0.133 e.